The van der Waals surface area contributed by atoms with E-state index in [1.807, 2.05) is 24.3 Å². The van der Waals surface area contributed by atoms with Crippen molar-refractivity contribution in [2.45, 2.75) is 77.8 Å². The SMILES string of the molecule is CN1CCC(NC(=O)c2cccc([C@@H](CCN3CCC(C(=O)O)CC3)NC(=O)c3nc4cc5c(nc4s3)CC[C@H](C(C)(C)C)C5)c2)C1. The van der Waals surface area contributed by atoms with Crippen molar-refractivity contribution in [3.05, 3.63) is 57.7 Å². The highest BCUT2D eigenvalue weighted by molar-refractivity contribution is 7.19. The minimum atomic E-state index is -0.727. The first kappa shape index (κ1) is 33.5. The van der Waals surface area contributed by atoms with E-state index in [2.05, 4.69) is 54.3 Å². The third kappa shape index (κ3) is 8.01. The molecule has 0 radical (unpaired) electrons. The number of carbonyl (C=O) groups is 3. The predicted molar refractivity (Wildman–Crippen MR) is 184 cm³/mol. The molecule has 2 aromatic heterocycles. The van der Waals surface area contributed by atoms with Crippen molar-refractivity contribution in [1.82, 2.24) is 30.4 Å². The van der Waals surface area contributed by atoms with Crippen LogP contribution in [0.5, 0.6) is 0 Å². The molecular weight excluding hydrogens is 613 g/mol. The number of piperidine rings is 1. The van der Waals surface area contributed by atoms with Gasteiger partial charge in [-0.2, -0.15) is 0 Å². The molecule has 0 spiro atoms. The van der Waals surface area contributed by atoms with E-state index >= 15 is 0 Å². The molecule has 0 bridgehead atoms. The molecule has 2 aliphatic heterocycles. The molecule has 11 heteroatoms. The summed E-state index contributed by atoms with van der Waals surface area (Å²) in [6, 6.07) is 9.43. The zero-order chi connectivity index (χ0) is 33.3. The van der Waals surface area contributed by atoms with Crippen molar-refractivity contribution >= 4 is 39.5 Å². The van der Waals surface area contributed by atoms with Gasteiger partial charge in [0.05, 0.1) is 12.0 Å². The van der Waals surface area contributed by atoms with Crippen molar-refractivity contribution in [2.24, 2.45) is 17.3 Å². The molecule has 1 aromatic carbocycles. The van der Waals surface area contributed by atoms with Gasteiger partial charge in [0.25, 0.3) is 11.8 Å². The Morgan fingerprint density at radius 2 is 1.83 bits per heavy atom. The predicted octanol–water partition coefficient (Wildman–Crippen LogP) is 4.93. The monoisotopic (exact) mass is 660 g/mol. The molecular formula is C36H48N6O4S. The summed E-state index contributed by atoms with van der Waals surface area (Å²) in [6.45, 7) is 10.8. The second-order valence-electron chi connectivity index (χ2n) is 14.9. The summed E-state index contributed by atoms with van der Waals surface area (Å²) < 4.78 is 0. The lowest BCUT2D eigenvalue weighted by atomic mass is 9.71. The molecule has 2 amide bonds. The Morgan fingerprint density at radius 3 is 2.53 bits per heavy atom. The van der Waals surface area contributed by atoms with E-state index in [0.717, 1.165) is 60.4 Å². The van der Waals surface area contributed by atoms with Crippen LogP contribution in [0.15, 0.2) is 30.3 Å². The first-order chi connectivity index (χ1) is 22.4. The molecule has 4 heterocycles. The fourth-order valence-electron chi connectivity index (χ4n) is 7.32. The molecule has 3 aromatic rings. The number of amides is 2. The topological polar surface area (TPSA) is 128 Å². The molecule has 0 saturated carbocycles. The van der Waals surface area contributed by atoms with Crippen molar-refractivity contribution in [1.29, 1.82) is 0 Å². The summed E-state index contributed by atoms with van der Waals surface area (Å²) in [6.07, 6.45) is 5.83. The Balaban J connectivity index is 1.20. The highest BCUT2D eigenvalue weighted by atomic mass is 32.1. The molecule has 2 fully saturated rings. The van der Waals surface area contributed by atoms with Crippen molar-refractivity contribution in [3.8, 4) is 0 Å². The molecule has 2 saturated heterocycles. The number of benzene rings is 1. The van der Waals surface area contributed by atoms with E-state index in [4.69, 9.17) is 9.97 Å². The lowest BCUT2D eigenvalue weighted by Gasteiger charge is -2.34. The number of carboxylic acid groups (broad SMARTS) is 1. The summed E-state index contributed by atoms with van der Waals surface area (Å²) in [5, 5.41) is 16.2. The Labute approximate surface area is 281 Å². The normalized spacial score (nSPS) is 21.8. The molecule has 6 rings (SSSR count). The van der Waals surface area contributed by atoms with Gasteiger partial charge in [-0.05, 0) is 112 Å². The average Bonchev–Trinajstić information content (AvgIpc) is 3.66. The number of aryl methyl sites for hydroxylation is 1. The summed E-state index contributed by atoms with van der Waals surface area (Å²) >= 11 is 1.33. The molecule has 3 atom stereocenters. The van der Waals surface area contributed by atoms with Crippen LogP contribution in [0.1, 0.15) is 95.9 Å². The number of hydrogen-bond acceptors (Lipinski definition) is 8. The first-order valence-electron chi connectivity index (χ1n) is 17.1. The lowest BCUT2D eigenvalue weighted by molar-refractivity contribution is -0.143. The van der Waals surface area contributed by atoms with Crippen LogP contribution in [0, 0.1) is 17.3 Å². The van der Waals surface area contributed by atoms with Crippen molar-refractivity contribution < 1.29 is 19.5 Å². The number of carbonyl (C=O) groups excluding carboxylic acids is 2. The third-order valence-corrected chi connectivity index (χ3v) is 11.4. The Kier molecular flexibility index (Phi) is 9.96. The molecule has 3 N–H and O–H groups in total. The largest absolute Gasteiger partial charge is 0.481 e. The molecule has 47 heavy (non-hydrogen) atoms. The maximum absolute atomic E-state index is 13.8. The van der Waals surface area contributed by atoms with Crippen LogP contribution in [0.25, 0.3) is 10.3 Å². The summed E-state index contributed by atoms with van der Waals surface area (Å²) in [5.41, 5.74) is 4.79. The van der Waals surface area contributed by atoms with Gasteiger partial charge in [0.2, 0.25) is 0 Å². The molecule has 3 aliphatic rings. The number of likely N-dealkylation sites (tertiary alicyclic amines) is 2. The first-order valence-corrected chi connectivity index (χ1v) is 17.9. The highest BCUT2D eigenvalue weighted by Crippen LogP contribution is 2.38. The number of rotatable bonds is 9. The number of pyridine rings is 1. The summed E-state index contributed by atoms with van der Waals surface area (Å²) in [7, 11) is 2.06. The van der Waals surface area contributed by atoms with Gasteiger partial charge in [-0.15, -0.1) is 0 Å². The number of fused-ring (bicyclic) bond motifs is 2. The molecule has 1 unspecified atom stereocenters. The van der Waals surface area contributed by atoms with Crippen LogP contribution in [0.2, 0.25) is 0 Å². The Bertz CT molecular complexity index is 1630. The molecule has 1 aliphatic carbocycles. The molecule has 10 nitrogen and oxygen atoms in total. The number of thiazole rings is 1. The number of nitrogens with one attached hydrogen (secondary N) is 2. The van der Waals surface area contributed by atoms with Crippen molar-refractivity contribution in [2.75, 3.05) is 39.8 Å². The van der Waals surface area contributed by atoms with E-state index in [1.165, 1.54) is 16.9 Å². The second-order valence-corrected chi connectivity index (χ2v) is 15.8. The van der Waals surface area contributed by atoms with Crippen LogP contribution < -0.4 is 10.6 Å². The van der Waals surface area contributed by atoms with Gasteiger partial charge in [0.1, 0.15) is 10.3 Å². The number of aromatic nitrogens is 2. The highest BCUT2D eigenvalue weighted by Gasteiger charge is 2.31. The minimum absolute atomic E-state index is 0.108. The van der Waals surface area contributed by atoms with Crippen LogP contribution >= 0.6 is 11.3 Å². The number of nitrogens with zero attached hydrogens (tertiary/aromatic N) is 4. The number of carboxylic acids is 1. The van der Waals surface area contributed by atoms with Gasteiger partial charge in [-0.1, -0.05) is 44.2 Å². The summed E-state index contributed by atoms with van der Waals surface area (Å²) in [5.74, 6) is -0.799. The van der Waals surface area contributed by atoms with Gasteiger partial charge in [-0.25, -0.2) is 9.97 Å². The van der Waals surface area contributed by atoms with Crippen LogP contribution in [-0.4, -0.2) is 88.5 Å². The van der Waals surface area contributed by atoms with Gasteiger partial charge in [0.15, 0.2) is 5.01 Å². The minimum Gasteiger partial charge on any atom is -0.481 e. The van der Waals surface area contributed by atoms with Crippen LogP contribution in [0.3, 0.4) is 0 Å². The van der Waals surface area contributed by atoms with E-state index in [-0.39, 0.29) is 35.2 Å². The fraction of sp³-hybridized carbons (Fsp3) is 0.583. The van der Waals surface area contributed by atoms with Gasteiger partial charge >= 0.3 is 5.97 Å². The van der Waals surface area contributed by atoms with Crippen LogP contribution in [-0.2, 0) is 17.6 Å². The maximum atomic E-state index is 13.8. The van der Waals surface area contributed by atoms with E-state index in [0.29, 0.717) is 55.4 Å². The van der Waals surface area contributed by atoms with E-state index in [1.54, 1.807) is 0 Å². The standard InChI is InChI=1S/C36H48N6O4S/c1-36(2,3)26-8-9-28-25(19-26)20-30-33(39-28)47-34(40-30)32(44)38-29(13-17-42-15-10-22(11-16-42)35(45)46)23-6-5-7-24(18-23)31(43)37-27-12-14-41(4)21-27/h5-7,18,20,22,26-27,29H,8-17,19,21H2,1-4H3,(H,37,43)(H,38,44)(H,45,46)/t26-,27?,29+/m0/s1. The number of likely N-dealkylation sites (N-methyl/N-ethyl adjacent to an activating group) is 1. The quantitative estimate of drug-likeness (QED) is 0.295. The number of hydrogen-bond donors (Lipinski definition) is 3. The second kappa shape index (κ2) is 14.0. The van der Waals surface area contributed by atoms with Gasteiger partial charge in [0, 0.05) is 30.4 Å². The Morgan fingerprint density at radius 1 is 1.04 bits per heavy atom. The zero-order valence-electron chi connectivity index (χ0n) is 28.1. The van der Waals surface area contributed by atoms with Crippen LogP contribution in [0.4, 0.5) is 0 Å². The van der Waals surface area contributed by atoms with E-state index in [9.17, 15) is 19.5 Å². The zero-order valence-corrected chi connectivity index (χ0v) is 28.9. The smallest absolute Gasteiger partial charge is 0.306 e. The lowest BCUT2D eigenvalue weighted by Crippen LogP contribution is -2.39. The van der Waals surface area contributed by atoms with Crippen molar-refractivity contribution in [3.63, 3.8) is 0 Å². The van der Waals surface area contributed by atoms with E-state index < -0.39 is 5.97 Å². The molecule has 252 valence electrons. The number of aliphatic carboxylic acids is 1. The Hall–Kier alpha value is -3.41. The fourth-order valence-corrected chi connectivity index (χ4v) is 8.17. The van der Waals surface area contributed by atoms with Gasteiger partial charge < -0.3 is 25.5 Å². The summed E-state index contributed by atoms with van der Waals surface area (Å²) in [4.78, 5) is 53.4. The van der Waals surface area contributed by atoms with Gasteiger partial charge in [-0.3, -0.25) is 14.4 Å². The third-order valence-electron chi connectivity index (χ3n) is 10.4. The average molecular weight is 661 g/mol. The maximum Gasteiger partial charge on any atom is 0.306 e.